The molecule has 0 radical (unpaired) electrons. The van der Waals surface area contributed by atoms with Crippen molar-refractivity contribution in [3.8, 4) is 0 Å². The molecule has 0 aromatic carbocycles. The Morgan fingerprint density at radius 2 is 1.90 bits per heavy atom. The van der Waals surface area contributed by atoms with E-state index in [9.17, 15) is 0 Å². The number of rotatable bonds is 3. The summed E-state index contributed by atoms with van der Waals surface area (Å²) >= 11 is 0. The Hall–Kier alpha value is -1.09. The van der Waals surface area contributed by atoms with E-state index in [1.807, 2.05) is 32.3 Å². The van der Waals surface area contributed by atoms with Crippen LogP contribution in [0.5, 0.6) is 0 Å². The number of allylic oxidation sites excluding steroid dienone is 2. The molecule has 3 rings (SSSR count). The highest BCUT2D eigenvalue weighted by molar-refractivity contribution is 5.18. The second-order valence-electron chi connectivity index (χ2n) is 6.18. The second-order valence-corrected chi connectivity index (χ2v) is 6.18. The predicted octanol–water partition coefficient (Wildman–Crippen LogP) is 3.87. The van der Waals surface area contributed by atoms with E-state index in [4.69, 9.17) is 0 Å². The fourth-order valence-electron chi connectivity index (χ4n) is 3.39. The van der Waals surface area contributed by atoms with Gasteiger partial charge in [-0.25, -0.2) is 4.98 Å². The van der Waals surface area contributed by atoms with Crippen molar-refractivity contribution < 1.29 is 0 Å². The van der Waals surface area contributed by atoms with Crippen LogP contribution >= 0.6 is 0 Å². The van der Waals surface area contributed by atoms with Crippen molar-refractivity contribution in [3.05, 3.63) is 29.9 Å². The van der Waals surface area contributed by atoms with Crippen LogP contribution < -0.4 is 5.32 Å². The van der Waals surface area contributed by atoms with Gasteiger partial charge in [-0.05, 0) is 46.5 Å². The quantitative estimate of drug-likeness (QED) is 0.856. The van der Waals surface area contributed by atoms with E-state index in [1.54, 1.807) is 0 Å². The average molecular weight is 289 g/mol. The van der Waals surface area contributed by atoms with Crippen molar-refractivity contribution in [2.24, 2.45) is 0 Å². The number of nitrogens with one attached hydrogen (secondary N) is 1. The van der Waals surface area contributed by atoms with Gasteiger partial charge in [0.1, 0.15) is 0 Å². The fraction of sp³-hybridized carbons (Fsp3) is 0.722. The molecule has 1 atom stereocenters. The van der Waals surface area contributed by atoms with E-state index >= 15 is 0 Å². The second kappa shape index (κ2) is 8.38. The molecule has 118 valence electrons. The molecule has 1 heterocycles. The van der Waals surface area contributed by atoms with Crippen LogP contribution in [0.2, 0.25) is 0 Å². The number of hydrogen-bond donors (Lipinski definition) is 1. The summed E-state index contributed by atoms with van der Waals surface area (Å²) in [6.07, 6.45) is 15.2. The van der Waals surface area contributed by atoms with Gasteiger partial charge in [-0.1, -0.05) is 25.0 Å². The van der Waals surface area contributed by atoms with E-state index in [-0.39, 0.29) is 0 Å². The lowest BCUT2D eigenvalue weighted by Gasteiger charge is -2.26. The van der Waals surface area contributed by atoms with Gasteiger partial charge in [0.25, 0.3) is 0 Å². The third-order valence-electron chi connectivity index (χ3n) is 4.70. The van der Waals surface area contributed by atoms with Crippen LogP contribution in [0.25, 0.3) is 0 Å². The van der Waals surface area contributed by atoms with Gasteiger partial charge < -0.3 is 9.88 Å². The van der Waals surface area contributed by atoms with Crippen LogP contribution in [-0.2, 0) is 19.4 Å². The monoisotopic (exact) mass is 289 g/mol. The van der Waals surface area contributed by atoms with Gasteiger partial charge in [0.05, 0.1) is 12.0 Å². The molecule has 0 aliphatic heterocycles. The number of aryl methyl sites for hydroxylation is 1. The number of hydrogen-bond acceptors (Lipinski definition) is 2. The van der Waals surface area contributed by atoms with E-state index < -0.39 is 0 Å². The molecule has 1 saturated carbocycles. The molecule has 1 aromatic heterocycles. The highest BCUT2D eigenvalue weighted by Crippen LogP contribution is 2.24. The summed E-state index contributed by atoms with van der Waals surface area (Å²) < 4.78 is 2.31. The lowest BCUT2D eigenvalue weighted by Crippen LogP contribution is -2.40. The van der Waals surface area contributed by atoms with Crippen molar-refractivity contribution in [3.63, 3.8) is 0 Å². The highest BCUT2D eigenvalue weighted by atomic mass is 15.1. The van der Waals surface area contributed by atoms with Crippen LogP contribution in [0.3, 0.4) is 0 Å². The molecular formula is C18H31N3. The molecule has 1 aromatic rings. The summed E-state index contributed by atoms with van der Waals surface area (Å²) in [4.78, 5) is 4.58. The predicted molar refractivity (Wildman–Crippen MR) is 89.6 cm³/mol. The first kappa shape index (κ1) is 16.3. The Kier molecular flexibility index (Phi) is 6.50. The van der Waals surface area contributed by atoms with Gasteiger partial charge in [-0.3, -0.25) is 0 Å². The summed E-state index contributed by atoms with van der Waals surface area (Å²) in [5.74, 6) is 0. The first-order chi connectivity index (χ1) is 10.3. The molecule has 0 amide bonds. The van der Waals surface area contributed by atoms with Crippen LogP contribution in [-0.4, -0.2) is 21.6 Å². The smallest absolute Gasteiger partial charge is 0.0951 e. The van der Waals surface area contributed by atoms with Crippen molar-refractivity contribution in [1.82, 2.24) is 14.9 Å². The third kappa shape index (κ3) is 4.44. The highest BCUT2D eigenvalue weighted by Gasteiger charge is 2.25. The fourth-order valence-corrected chi connectivity index (χ4v) is 3.39. The molecule has 2 aliphatic rings. The third-order valence-corrected chi connectivity index (χ3v) is 4.70. The van der Waals surface area contributed by atoms with Gasteiger partial charge in [-0.2, -0.15) is 0 Å². The zero-order chi connectivity index (χ0) is 15.1. The minimum atomic E-state index is 0.672. The van der Waals surface area contributed by atoms with E-state index in [0.29, 0.717) is 6.04 Å². The summed E-state index contributed by atoms with van der Waals surface area (Å²) in [5.41, 5.74) is 2.82. The maximum atomic E-state index is 4.58. The summed E-state index contributed by atoms with van der Waals surface area (Å²) in [7, 11) is 0. The molecule has 1 unspecified atom stereocenters. The van der Waals surface area contributed by atoms with Crippen LogP contribution in [0.1, 0.15) is 64.3 Å². The Labute approximate surface area is 129 Å². The molecule has 0 bridgehead atoms. The lowest BCUT2D eigenvalue weighted by molar-refractivity contribution is 0.389. The largest absolute Gasteiger partial charge is 0.335 e. The normalized spacial score (nSPS) is 22.1. The van der Waals surface area contributed by atoms with Crippen molar-refractivity contribution in [2.45, 2.75) is 84.3 Å². The average Bonchev–Trinajstić information content (AvgIpc) is 3.16. The van der Waals surface area contributed by atoms with Gasteiger partial charge >= 0.3 is 0 Å². The number of aromatic nitrogens is 2. The van der Waals surface area contributed by atoms with Gasteiger partial charge in [0, 0.05) is 30.7 Å². The zero-order valence-corrected chi connectivity index (χ0v) is 13.9. The first-order valence-electron chi connectivity index (χ1n) is 8.64. The Bertz CT molecular complexity index is 437. The Morgan fingerprint density at radius 3 is 2.52 bits per heavy atom. The molecule has 1 fully saturated rings. The maximum Gasteiger partial charge on any atom is 0.0951 e. The van der Waals surface area contributed by atoms with E-state index in [2.05, 4.69) is 21.8 Å². The molecule has 1 N–H and O–H groups in total. The Balaban J connectivity index is 0.000000361. The summed E-state index contributed by atoms with van der Waals surface area (Å²) in [6.45, 7) is 7.26. The summed E-state index contributed by atoms with van der Waals surface area (Å²) in [6, 6.07) is 1.46. The minimum absolute atomic E-state index is 0.672. The van der Waals surface area contributed by atoms with Crippen molar-refractivity contribution >= 4 is 0 Å². The van der Waals surface area contributed by atoms with Crippen LogP contribution in [0.15, 0.2) is 18.5 Å². The van der Waals surface area contributed by atoms with Crippen molar-refractivity contribution in [2.75, 3.05) is 0 Å². The first-order valence-corrected chi connectivity index (χ1v) is 8.64. The zero-order valence-electron chi connectivity index (χ0n) is 13.9. The Morgan fingerprint density at radius 1 is 1.19 bits per heavy atom. The molecule has 2 aliphatic carbocycles. The van der Waals surface area contributed by atoms with Gasteiger partial charge in [-0.15, -0.1) is 0 Å². The standard InChI is InChI=1S/C14H23N3.C4H8/c1-2-17-10-15-13-9-12(7-8-14(13)17)16-11-5-3-4-6-11;1-3-4-2/h10-12,16H,2-9H2,1H3;3-4H,1-2H3/b;4-3+. The topological polar surface area (TPSA) is 29.9 Å². The summed E-state index contributed by atoms with van der Waals surface area (Å²) in [5, 5.41) is 3.84. The lowest BCUT2D eigenvalue weighted by atomic mass is 9.95. The van der Waals surface area contributed by atoms with Gasteiger partial charge in [0.15, 0.2) is 0 Å². The molecule has 3 nitrogen and oxygen atoms in total. The van der Waals surface area contributed by atoms with E-state index in [0.717, 1.165) is 19.0 Å². The van der Waals surface area contributed by atoms with Crippen LogP contribution in [0, 0.1) is 0 Å². The number of nitrogens with zero attached hydrogens (tertiary/aromatic N) is 2. The molecule has 0 saturated heterocycles. The molecule has 0 spiro atoms. The van der Waals surface area contributed by atoms with E-state index in [1.165, 1.54) is 49.9 Å². The van der Waals surface area contributed by atoms with Crippen molar-refractivity contribution in [1.29, 1.82) is 0 Å². The SMILES string of the molecule is C/C=C/C.CCn1cnc2c1CCC(NC1CCCC1)C2. The van der Waals surface area contributed by atoms with Crippen LogP contribution in [0.4, 0.5) is 0 Å². The van der Waals surface area contributed by atoms with Gasteiger partial charge in [0.2, 0.25) is 0 Å². The molecular weight excluding hydrogens is 258 g/mol. The molecule has 21 heavy (non-hydrogen) atoms. The molecule has 3 heteroatoms. The number of fused-ring (bicyclic) bond motifs is 1. The maximum absolute atomic E-state index is 4.58. The minimum Gasteiger partial charge on any atom is -0.335 e. The number of imidazole rings is 1.